The van der Waals surface area contributed by atoms with E-state index < -0.39 is 0 Å². The minimum absolute atomic E-state index is 0.157. The predicted octanol–water partition coefficient (Wildman–Crippen LogP) is 4.49. The maximum atomic E-state index is 10.8. The summed E-state index contributed by atoms with van der Waals surface area (Å²) in [5, 5.41) is 10.8. The fourth-order valence-electron chi connectivity index (χ4n) is 2.47. The molecule has 1 radical (unpaired) electrons. The molecule has 0 fully saturated rings. The smallest absolute Gasteiger partial charge is 0.107 e. The highest BCUT2D eigenvalue weighted by Gasteiger charge is 2.12. The largest absolute Gasteiger partial charge is 0.232 e. The minimum atomic E-state index is -0.157. The van der Waals surface area contributed by atoms with E-state index in [0.717, 1.165) is 5.56 Å². The van der Waals surface area contributed by atoms with E-state index in [4.69, 9.17) is 0 Å². The fraction of sp³-hybridized carbons (Fsp3) is 0.111. The first-order valence-corrected chi connectivity index (χ1v) is 6.50. The fourth-order valence-corrected chi connectivity index (χ4v) is 2.47. The summed E-state index contributed by atoms with van der Waals surface area (Å²) in [6.07, 6.45) is 8.57. The molecule has 0 heterocycles. The monoisotopic (exact) mass is 247 g/mol. The van der Waals surface area contributed by atoms with Crippen molar-refractivity contribution in [1.82, 2.24) is 0 Å². The van der Waals surface area contributed by atoms with E-state index >= 15 is 0 Å². The van der Waals surface area contributed by atoms with Gasteiger partial charge < -0.3 is 0 Å². The molecule has 0 saturated carbocycles. The Morgan fingerprint density at radius 1 is 0.842 bits per heavy atom. The van der Waals surface area contributed by atoms with E-state index in [9.17, 15) is 5.11 Å². The second-order valence-corrected chi connectivity index (χ2v) is 4.72. The molecule has 0 aliphatic heterocycles. The topological polar surface area (TPSA) is 19.9 Å². The molecule has 2 aromatic rings. The second kappa shape index (κ2) is 5.25. The molecule has 1 heteroatoms. The first-order valence-electron chi connectivity index (χ1n) is 6.50. The lowest BCUT2D eigenvalue weighted by Crippen LogP contribution is -1.93. The number of hydrogen-bond acceptors (Lipinski definition) is 0. The molecule has 0 bridgehead atoms. The Hall–Kier alpha value is -2.12. The molecule has 19 heavy (non-hydrogen) atoms. The van der Waals surface area contributed by atoms with Crippen molar-refractivity contribution >= 4 is 0 Å². The van der Waals surface area contributed by atoms with Gasteiger partial charge in [0.2, 0.25) is 0 Å². The number of benzene rings is 2. The van der Waals surface area contributed by atoms with Gasteiger partial charge in [0.1, 0.15) is 6.61 Å². The molecule has 3 rings (SSSR count). The second-order valence-electron chi connectivity index (χ2n) is 4.72. The summed E-state index contributed by atoms with van der Waals surface area (Å²) in [6.45, 7) is -0.157. The lowest BCUT2D eigenvalue weighted by atomic mass is 9.91. The quantitative estimate of drug-likeness (QED) is 0.761. The van der Waals surface area contributed by atoms with Crippen LogP contribution in [0.25, 0.3) is 11.1 Å². The summed E-state index contributed by atoms with van der Waals surface area (Å²) in [5.41, 5.74) is 4.55. The van der Waals surface area contributed by atoms with Crippen molar-refractivity contribution in [3.8, 4) is 11.1 Å². The average Bonchev–Trinajstić information content (AvgIpc) is 3.01. The highest BCUT2D eigenvalue weighted by molar-refractivity contribution is 5.69. The Morgan fingerprint density at radius 3 is 2.21 bits per heavy atom. The predicted molar refractivity (Wildman–Crippen MR) is 77.3 cm³/mol. The lowest BCUT2D eigenvalue weighted by Gasteiger charge is -2.13. The van der Waals surface area contributed by atoms with Crippen LogP contribution in [0.3, 0.4) is 0 Å². The van der Waals surface area contributed by atoms with E-state index in [1.54, 1.807) is 0 Å². The average molecular weight is 247 g/mol. The van der Waals surface area contributed by atoms with Crippen LogP contribution >= 0.6 is 0 Å². The summed E-state index contributed by atoms with van der Waals surface area (Å²) in [6, 6.07) is 16.3. The van der Waals surface area contributed by atoms with Gasteiger partial charge in [-0.15, -0.1) is 0 Å². The highest BCUT2D eigenvalue weighted by atomic mass is 16.3. The molecule has 1 nitrogen and oxygen atoms in total. The van der Waals surface area contributed by atoms with Gasteiger partial charge in [0, 0.05) is 5.92 Å². The maximum absolute atomic E-state index is 10.8. The summed E-state index contributed by atoms with van der Waals surface area (Å²) in [7, 11) is 0. The Balaban J connectivity index is 2.03. The number of allylic oxidation sites excluding steroid dienone is 4. The SMILES string of the molecule is [O]Cc1ccc(-c2ccccc2C2C=CC=C2)cc1. The van der Waals surface area contributed by atoms with Gasteiger partial charge >= 0.3 is 0 Å². The standard InChI is InChI=1S/C18H15O/c19-13-14-9-11-16(12-10-14)18-8-4-3-7-17(18)15-5-1-2-6-15/h1-12,15H,13H2. The number of hydrogen-bond donors (Lipinski definition) is 0. The van der Waals surface area contributed by atoms with Crippen molar-refractivity contribution < 1.29 is 5.11 Å². The van der Waals surface area contributed by atoms with Gasteiger partial charge in [-0.05, 0) is 22.3 Å². The Labute approximate surface area is 113 Å². The van der Waals surface area contributed by atoms with E-state index in [1.807, 2.05) is 24.3 Å². The molecule has 0 saturated heterocycles. The third-order valence-corrected chi connectivity index (χ3v) is 3.50. The zero-order valence-electron chi connectivity index (χ0n) is 10.6. The van der Waals surface area contributed by atoms with Gasteiger partial charge in [-0.1, -0.05) is 72.8 Å². The molecule has 1 aliphatic rings. The van der Waals surface area contributed by atoms with Gasteiger partial charge in [0.05, 0.1) is 0 Å². The summed E-state index contributed by atoms with van der Waals surface area (Å²) in [4.78, 5) is 0. The van der Waals surface area contributed by atoms with Gasteiger partial charge in [-0.25, -0.2) is 5.11 Å². The zero-order chi connectivity index (χ0) is 13.1. The molecule has 1 aliphatic carbocycles. The Kier molecular flexibility index (Phi) is 3.30. The van der Waals surface area contributed by atoms with Crippen LogP contribution in [0.15, 0.2) is 72.8 Å². The van der Waals surface area contributed by atoms with Crippen LogP contribution in [0.5, 0.6) is 0 Å². The molecule has 93 valence electrons. The van der Waals surface area contributed by atoms with E-state index in [-0.39, 0.29) is 6.61 Å². The molecular formula is C18H15O. The van der Waals surface area contributed by atoms with E-state index in [0.29, 0.717) is 5.92 Å². The van der Waals surface area contributed by atoms with Crippen molar-refractivity contribution in [3.05, 3.63) is 84.0 Å². The summed E-state index contributed by atoms with van der Waals surface area (Å²) >= 11 is 0. The zero-order valence-corrected chi connectivity index (χ0v) is 10.6. The molecule has 0 spiro atoms. The van der Waals surface area contributed by atoms with E-state index in [2.05, 4.69) is 48.6 Å². The number of rotatable bonds is 3. The van der Waals surface area contributed by atoms with Gasteiger partial charge in [0.15, 0.2) is 0 Å². The summed E-state index contributed by atoms with van der Waals surface area (Å²) < 4.78 is 0. The highest BCUT2D eigenvalue weighted by Crippen LogP contribution is 2.32. The van der Waals surface area contributed by atoms with Crippen molar-refractivity contribution in [3.63, 3.8) is 0 Å². The molecule has 0 N–H and O–H groups in total. The first kappa shape index (κ1) is 11.9. The van der Waals surface area contributed by atoms with Crippen molar-refractivity contribution in [2.24, 2.45) is 0 Å². The first-order chi connectivity index (χ1) is 9.38. The van der Waals surface area contributed by atoms with Gasteiger partial charge in [-0.3, -0.25) is 0 Å². The van der Waals surface area contributed by atoms with Crippen molar-refractivity contribution in [2.45, 2.75) is 12.5 Å². The van der Waals surface area contributed by atoms with Crippen LogP contribution in [0.1, 0.15) is 17.0 Å². The lowest BCUT2D eigenvalue weighted by molar-refractivity contribution is 0.177. The third-order valence-electron chi connectivity index (χ3n) is 3.50. The molecule has 0 amide bonds. The molecular weight excluding hydrogens is 232 g/mol. The normalized spacial score (nSPS) is 14.2. The molecule has 0 unspecified atom stereocenters. The van der Waals surface area contributed by atoms with Crippen LogP contribution < -0.4 is 0 Å². The van der Waals surface area contributed by atoms with E-state index in [1.165, 1.54) is 16.7 Å². The van der Waals surface area contributed by atoms with Crippen molar-refractivity contribution in [2.75, 3.05) is 0 Å². The molecule has 0 atom stereocenters. The van der Waals surface area contributed by atoms with Crippen LogP contribution in [-0.2, 0) is 11.7 Å². The van der Waals surface area contributed by atoms with Gasteiger partial charge in [0.25, 0.3) is 0 Å². The Morgan fingerprint density at radius 2 is 1.53 bits per heavy atom. The van der Waals surface area contributed by atoms with Crippen molar-refractivity contribution in [1.29, 1.82) is 0 Å². The van der Waals surface area contributed by atoms with Gasteiger partial charge in [-0.2, -0.15) is 0 Å². The molecule has 2 aromatic carbocycles. The maximum Gasteiger partial charge on any atom is 0.107 e. The van der Waals surface area contributed by atoms with Crippen LogP contribution in [-0.4, -0.2) is 0 Å². The summed E-state index contributed by atoms with van der Waals surface area (Å²) in [5.74, 6) is 0.357. The van der Waals surface area contributed by atoms with Crippen LogP contribution in [0.2, 0.25) is 0 Å². The third kappa shape index (κ3) is 2.38. The minimum Gasteiger partial charge on any atom is -0.232 e. The van der Waals surface area contributed by atoms with Crippen LogP contribution in [0.4, 0.5) is 0 Å². The van der Waals surface area contributed by atoms with Crippen LogP contribution in [0, 0.1) is 0 Å². The Bertz CT molecular complexity index is 608. The molecule has 0 aromatic heterocycles.